The first-order chi connectivity index (χ1) is 8.27. The third-order valence-electron chi connectivity index (χ3n) is 2.51. The average molecular weight is 252 g/mol. The molecule has 0 fully saturated rings. The smallest absolute Gasteiger partial charge is 0.106 e. The van der Waals surface area contributed by atoms with Gasteiger partial charge in [-0.3, -0.25) is 0 Å². The van der Waals surface area contributed by atoms with Crippen molar-refractivity contribution in [1.82, 2.24) is 0 Å². The molecule has 1 aromatic rings. The Hall–Kier alpha value is -1.15. The lowest BCUT2D eigenvalue weighted by Gasteiger charge is -2.18. The molecule has 1 N–H and O–H groups in total. The molecule has 0 aromatic heterocycles. The van der Waals surface area contributed by atoms with Gasteiger partial charge in [0.25, 0.3) is 0 Å². The predicted octanol–water partition coefficient (Wildman–Crippen LogP) is 3.88. The van der Waals surface area contributed by atoms with Crippen molar-refractivity contribution in [2.45, 2.75) is 59.5 Å². The minimum absolute atomic E-state index is 0.116. The van der Waals surface area contributed by atoms with E-state index in [0.717, 1.165) is 6.42 Å². The quantitative estimate of drug-likeness (QED) is 0.823. The SMILES string of the molecule is C=O.CCC(C)O.Cc1ccc(C(C)(C)C)cc1. The number of rotatable bonds is 1. The van der Waals surface area contributed by atoms with Crippen molar-refractivity contribution < 1.29 is 9.90 Å². The van der Waals surface area contributed by atoms with Gasteiger partial charge in [-0.1, -0.05) is 57.5 Å². The Kier molecular flexibility index (Phi) is 10.5. The summed E-state index contributed by atoms with van der Waals surface area (Å²) < 4.78 is 0. The topological polar surface area (TPSA) is 37.3 Å². The average Bonchev–Trinajstić information content (AvgIpc) is 2.32. The van der Waals surface area contributed by atoms with Crippen LogP contribution in [-0.2, 0) is 10.2 Å². The highest BCUT2D eigenvalue weighted by molar-refractivity contribution is 5.26. The summed E-state index contributed by atoms with van der Waals surface area (Å²) >= 11 is 0. The van der Waals surface area contributed by atoms with Crippen LogP contribution in [0.15, 0.2) is 24.3 Å². The minimum atomic E-state index is -0.116. The van der Waals surface area contributed by atoms with E-state index in [2.05, 4.69) is 52.0 Å². The number of carbonyl (C=O) groups is 1. The number of hydrogen-bond acceptors (Lipinski definition) is 2. The lowest BCUT2D eigenvalue weighted by molar-refractivity contribution is -0.0979. The molecule has 18 heavy (non-hydrogen) atoms. The lowest BCUT2D eigenvalue weighted by atomic mass is 9.87. The zero-order valence-electron chi connectivity index (χ0n) is 12.7. The second-order valence-electron chi connectivity index (χ2n) is 5.37. The Morgan fingerprint density at radius 1 is 1.17 bits per heavy atom. The Labute approximate surface area is 112 Å². The first-order valence-corrected chi connectivity index (χ1v) is 6.31. The van der Waals surface area contributed by atoms with Gasteiger partial charge in [0.1, 0.15) is 6.79 Å². The molecule has 1 aromatic carbocycles. The molecule has 0 bridgehead atoms. The molecule has 0 amide bonds. The van der Waals surface area contributed by atoms with E-state index in [1.54, 1.807) is 6.92 Å². The number of carbonyl (C=O) groups excluding carboxylic acids is 1. The van der Waals surface area contributed by atoms with Crippen LogP contribution < -0.4 is 0 Å². The first-order valence-electron chi connectivity index (χ1n) is 6.31. The molecule has 0 radical (unpaired) electrons. The molecule has 0 saturated heterocycles. The summed E-state index contributed by atoms with van der Waals surface area (Å²) in [6.07, 6.45) is 0.745. The summed E-state index contributed by atoms with van der Waals surface area (Å²) in [6, 6.07) is 8.74. The minimum Gasteiger partial charge on any atom is -0.393 e. The number of hydrogen-bond donors (Lipinski definition) is 1. The molecule has 2 nitrogen and oxygen atoms in total. The largest absolute Gasteiger partial charge is 0.393 e. The molecule has 2 heteroatoms. The van der Waals surface area contributed by atoms with Gasteiger partial charge in [-0.05, 0) is 31.2 Å². The van der Waals surface area contributed by atoms with Crippen LogP contribution in [0.2, 0.25) is 0 Å². The number of aliphatic hydroxyl groups excluding tert-OH is 1. The Bertz CT molecular complexity index is 294. The van der Waals surface area contributed by atoms with Gasteiger partial charge in [0.05, 0.1) is 6.10 Å². The molecule has 1 atom stereocenters. The molecule has 1 rings (SSSR count). The van der Waals surface area contributed by atoms with Crippen LogP contribution in [-0.4, -0.2) is 18.0 Å². The summed E-state index contributed by atoms with van der Waals surface area (Å²) in [5, 5.41) is 8.36. The Balaban J connectivity index is 0. The molecule has 0 saturated carbocycles. The van der Waals surface area contributed by atoms with E-state index < -0.39 is 0 Å². The van der Waals surface area contributed by atoms with Crippen molar-refractivity contribution in [1.29, 1.82) is 0 Å². The summed E-state index contributed by atoms with van der Waals surface area (Å²) in [4.78, 5) is 8.00. The Morgan fingerprint density at radius 3 is 1.72 bits per heavy atom. The summed E-state index contributed by atoms with van der Waals surface area (Å²) in [5.74, 6) is 0. The number of aliphatic hydroxyl groups is 1. The third-order valence-corrected chi connectivity index (χ3v) is 2.51. The van der Waals surface area contributed by atoms with Crippen LogP contribution in [0.4, 0.5) is 0 Å². The van der Waals surface area contributed by atoms with E-state index in [-0.39, 0.29) is 11.5 Å². The molecule has 0 aliphatic heterocycles. The predicted molar refractivity (Wildman–Crippen MR) is 79.0 cm³/mol. The monoisotopic (exact) mass is 252 g/mol. The fraction of sp³-hybridized carbons (Fsp3) is 0.562. The number of benzene rings is 1. The number of aryl methyl sites for hydroxylation is 1. The standard InChI is InChI=1S/C11H16.C4H10O.CH2O/c1-9-5-7-10(8-6-9)11(2,3)4;1-3-4(2)5;1-2/h5-8H,1-4H3;4-5H,3H2,1-2H3;1H2. The fourth-order valence-corrected chi connectivity index (χ4v) is 1.05. The first kappa shape index (κ1) is 19.2. The van der Waals surface area contributed by atoms with Crippen molar-refractivity contribution in [3.8, 4) is 0 Å². The van der Waals surface area contributed by atoms with Crippen LogP contribution in [0, 0.1) is 6.92 Å². The molecular weight excluding hydrogens is 224 g/mol. The van der Waals surface area contributed by atoms with Gasteiger partial charge < -0.3 is 9.90 Å². The summed E-state index contributed by atoms with van der Waals surface area (Å²) in [5.41, 5.74) is 3.02. The van der Waals surface area contributed by atoms with Crippen molar-refractivity contribution in [2.24, 2.45) is 0 Å². The maximum atomic E-state index is 8.36. The van der Waals surface area contributed by atoms with Crippen molar-refractivity contribution in [2.75, 3.05) is 0 Å². The van der Waals surface area contributed by atoms with Gasteiger partial charge in [0.2, 0.25) is 0 Å². The second kappa shape index (κ2) is 9.84. The zero-order valence-corrected chi connectivity index (χ0v) is 12.7. The van der Waals surface area contributed by atoms with E-state index in [9.17, 15) is 0 Å². The Morgan fingerprint density at radius 2 is 1.50 bits per heavy atom. The van der Waals surface area contributed by atoms with E-state index in [4.69, 9.17) is 9.90 Å². The highest BCUT2D eigenvalue weighted by Gasteiger charge is 2.11. The van der Waals surface area contributed by atoms with Crippen LogP contribution in [0.1, 0.15) is 52.2 Å². The molecule has 0 aliphatic carbocycles. The molecule has 0 aliphatic rings. The van der Waals surface area contributed by atoms with Crippen LogP contribution in [0.5, 0.6) is 0 Å². The third kappa shape index (κ3) is 10.0. The van der Waals surface area contributed by atoms with Gasteiger partial charge in [-0.25, -0.2) is 0 Å². The summed E-state index contributed by atoms with van der Waals surface area (Å²) in [7, 11) is 0. The van der Waals surface area contributed by atoms with Crippen LogP contribution in [0.3, 0.4) is 0 Å². The van der Waals surface area contributed by atoms with E-state index in [1.165, 1.54) is 11.1 Å². The van der Waals surface area contributed by atoms with Gasteiger partial charge in [-0.2, -0.15) is 0 Å². The zero-order chi connectivity index (χ0) is 14.8. The maximum absolute atomic E-state index is 8.36. The lowest BCUT2D eigenvalue weighted by Crippen LogP contribution is -2.10. The molecular formula is C16H28O2. The van der Waals surface area contributed by atoms with Crippen LogP contribution in [0.25, 0.3) is 0 Å². The second-order valence-corrected chi connectivity index (χ2v) is 5.37. The maximum Gasteiger partial charge on any atom is 0.106 e. The van der Waals surface area contributed by atoms with Crippen molar-refractivity contribution in [3.63, 3.8) is 0 Å². The van der Waals surface area contributed by atoms with Gasteiger partial charge >= 0.3 is 0 Å². The highest BCUT2D eigenvalue weighted by Crippen LogP contribution is 2.21. The van der Waals surface area contributed by atoms with Gasteiger partial charge in [0, 0.05) is 0 Å². The van der Waals surface area contributed by atoms with Gasteiger partial charge in [0.15, 0.2) is 0 Å². The van der Waals surface area contributed by atoms with Crippen molar-refractivity contribution >= 4 is 6.79 Å². The van der Waals surface area contributed by atoms with Crippen LogP contribution >= 0.6 is 0 Å². The van der Waals surface area contributed by atoms with E-state index in [1.807, 2.05) is 13.7 Å². The van der Waals surface area contributed by atoms with Crippen molar-refractivity contribution in [3.05, 3.63) is 35.4 Å². The molecule has 0 heterocycles. The normalized spacial score (nSPS) is 11.5. The summed E-state index contributed by atoms with van der Waals surface area (Å²) in [6.45, 7) is 14.5. The van der Waals surface area contributed by atoms with E-state index >= 15 is 0 Å². The molecule has 104 valence electrons. The van der Waals surface area contributed by atoms with E-state index in [0.29, 0.717) is 0 Å². The highest BCUT2D eigenvalue weighted by atomic mass is 16.3. The molecule has 0 spiro atoms. The fourth-order valence-electron chi connectivity index (χ4n) is 1.05. The molecule has 1 unspecified atom stereocenters. The van der Waals surface area contributed by atoms with Gasteiger partial charge in [-0.15, -0.1) is 0 Å².